The standard InChI is InChI=1S/C12H14FNO3/c1-12(3-2-4-14-12)7-5-8(11(16)17)10(15)9(13)6-7/h5-6,14-15H,2-4H2,1H3,(H,16,17). The summed E-state index contributed by atoms with van der Waals surface area (Å²) >= 11 is 0. The summed E-state index contributed by atoms with van der Waals surface area (Å²) in [6.45, 7) is 2.72. The third-order valence-electron chi connectivity index (χ3n) is 3.30. The molecule has 0 radical (unpaired) electrons. The lowest BCUT2D eigenvalue weighted by atomic mass is 9.89. The third kappa shape index (κ3) is 1.98. The number of hydrogen-bond acceptors (Lipinski definition) is 3. The summed E-state index contributed by atoms with van der Waals surface area (Å²) < 4.78 is 13.5. The van der Waals surface area contributed by atoms with E-state index in [0.717, 1.165) is 19.4 Å². The minimum Gasteiger partial charge on any atom is -0.504 e. The lowest BCUT2D eigenvalue weighted by Gasteiger charge is -2.25. The molecule has 5 heteroatoms. The number of benzene rings is 1. The van der Waals surface area contributed by atoms with Crippen molar-refractivity contribution in [2.24, 2.45) is 0 Å². The molecule has 1 heterocycles. The van der Waals surface area contributed by atoms with Crippen LogP contribution in [0.3, 0.4) is 0 Å². The molecule has 2 rings (SSSR count). The second-order valence-electron chi connectivity index (χ2n) is 4.52. The first-order valence-electron chi connectivity index (χ1n) is 5.45. The molecule has 1 unspecified atom stereocenters. The Balaban J connectivity index is 2.52. The zero-order valence-corrected chi connectivity index (χ0v) is 9.46. The van der Waals surface area contributed by atoms with E-state index in [9.17, 15) is 14.3 Å². The molecule has 4 nitrogen and oxygen atoms in total. The molecule has 17 heavy (non-hydrogen) atoms. The Morgan fingerprint density at radius 2 is 2.24 bits per heavy atom. The van der Waals surface area contributed by atoms with E-state index in [1.54, 1.807) is 0 Å². The quantitative estimate of drug-likeness (QED) is 0.736. The van der Waals surface area contributed by atoms with Gasteiger partial charge in [0.25, 0.3) is 0 Å². The largest absolute Gasteiger partial charge is 0.504 e. The van der Waals surface area contributed by atoms with E-state index < -0.39 is 28.6 Å². The lowest BCUT2D eigenvalue weighted by molar-refractivity contribution is 0.0692. The van der Waals surface area contributed by atoms with Crippen molar-refractivity contribution in [3.8, 4) is 5.75 Å². The molecule has 92 valence electrons. The van der Waals surface area contributed by atoms with Crippen molar-refractivity contribution in [2.75, 3.05) is 6.54 Å². The first-order valence-corrected chi connectivity index (χ1v) is 5.45. The smallest absolute Gasteiger partial charge is 0.339 e. The molecular weight excluding hydrogens is 225 g/mol. The van der Waals surface area contributed by atoms with Gasteiger partial charge in [-0.2, -0.15) is 0 Å². The number of aromatic hydroxyl groups is 1. The third-order valence-corrected chi connectivity index (χ3v) is 3.30. The van der Waals surface area contributed by atoms with Gasteiger partial charge in [0, 0.05) is 5.54 Å². The van der Waals surface area contributed by atoms with Gasteiger partial charge in [0.05, 0.1) is 0 Å². The number of carboxylic acid groups (broad SMARTS) is 1. The molecule has 1 aliphatic rings. The van der Waals surface area contributed by atoms with Gasteiger partial charge in [0.15, 0.2) is 11.6 Å². The fourth-order valence-electron chi connectivity index (χ4n) is 2.22. The maximum absolute atomic E-state index is 13.5. The molecule has 1 saturated heterocycles. The Labute approximate surface area is 98.1 Å². The molecule has 0 spiro atoms. The van der Waals surface area contributed by atoms with Crippen molar-refractivity contribution < 1.29 is 19.4 Å². The van der Waals surface area contributed by atoms with Crippen LogP contribution in [-0.2, 0) is 5.54 Å². The molecule has 1 aromatic rings. The van der Waals surface area contributed by atoms with Gasteiger partial charge in [-0.3, -0.25) is 0 Å². The van der Waals surface area contributed by atoms with Crippen LogP contribution in [0.25, 0.3) is 0 Å². The van der Waals surface area contributed by atoms with Gasteiger partial charge in [0.1, 0.15) is 5.56 Å². The Bertz CT molecular complexity index is 467. The molecule has 1 atom stereocenters. The minimum absolute atomic E-state index is 0.394. The summed E-state index contributed by atoms with van der Waals surface area (Å²) in [6.07, 6.45) is 1.78. The Kier molecular flexibility index (Phi) is 2.79. The Hall–Kier alpha value is -1.62. The Morgan fingerprint density at radius 3 is 2.76 bits per heavy atom. The van der Waals surface area contributed by atoms with Crippen molar-refractivity contribution in [1.29, 1.82) is 0 Å². The van der Waals surface area contributed by atoms with Crippen LogP contribution in [0.5, 0.6) is 5.75 Å². The first-order chi connectivity index (χ1) is 7.94. The summed E-state index contributed by atoms with van der Waals surface area (Å²) in [4.78, 5) is 10.9. The van der Waals surface area contributed by atoms with E-state index in [1.165, 1.54) is 12.1 Å². The predicted molar refractivity (Wildman–Crippen MR) is 59.6 cm³/mol. The zero-order chi connectivity index (χ0) is 12.6. The van der Waals surface area contributed by atoms with Gasteiger partial charge < -0.3 is 15.5 Å². The molecule has 1 aromatic carbocycles. The molecule has 0 bridgehead atoms. The number of aromatic carboxylic acids is 1. The van der Waals surface area contributed by atoms with Crippen LogP contribution in [0.1, 0.15) is 35.7 Å². The van der Waals surface area contributed by atoms with E-state index in [-0.39, 0.29) is 0 Å². The van der Waals surface area contributed by atoms with Crippen molar-refractivity contribution in [2.45, 2.75) is 25.3 Å². The van der Waals surface area contributed by atoms with Crippen LogP contribution < -0.4 is 5.32 Å². The summed E-state index contributed by atoms with van der Waals surface area (Å²) in [6, 6.07) is 2.53. The normalized spacial score (nSPS) is 23.9. The van der Waals surface area contributed by atoms with Crippen molar-refractivity contribution >= 4 is 5.97 Å². The average Bonchev–Trinajstić information content (AvgIpc) is 2.69. The molecule has 1 aliphatic heterocycles. The van der Waals surface area contributed by atoms with Crippen LogP contribution in [0.4, 0.5) is 4.39 Å². The van der Waals surface area contributed by atoms with Gasteiger partial charge >= 0.3 is 5.97 Å². The highest BCUT2D eigenvalue weighted by atomic mass is 19.1. The molecule has 0 amide bonds. The number of carboxylic acids is 1. The van der Waals surface area contributed by atoms with Crippen molar-refractivity contribution in [1.82, 2.24) is 5.32 Å². The van der Waals surface area contributed by atoms with Crippen LogP contribution >= 0.6 is 0 Å². The molecule has 3 N–H and O–H groups in total. The lowest BCUT2D eigenvalue weighted by Crippen LogP contribution is -2.33. The second kappa shape index (κ2) is 4.00. The monoisotopic (exact) mass is 239 g/mol. The predicted octanol–water partition coefficient (Wildman–Crippen LogP) is 1.83. The topological polar surface area (TPSA) is 69.6 Å². The van der Waals surface area contributed by atoms with Crippen LogP contribution in [0, 0.1) is 5.82 Å². The molecule has 0 saturated carbocycles. The van der Waals surface area contributed by atoms with E-state index in [2.05, 4.69) is 5.32 Å². The highest BCUT2D eigenvalue weighted by Crippen LogP contribution is 2.34. The SMILES string of the molecule is CC1(c2cc(F)c(O)c(C(=O)O)c2)CCCN1. The van der Waals surface area contributed by atoms with Crippen molar-refractivity contribution in [3.63, 3.8) is 0 Å². The molecule has 0 aliphatic carbocycles. The summed E-state index contributed by atoms with van der Waals surface area (Å²) in [5.74, 6) is -3.03. The number of hydrogen-bond donors (Lipinski definition) is 3. The summed E-state index contributed by atoms with van der Waals surface area (Å²) in [5, 5.41) is 21.5. The van der Waals surface area contributed by atoms with Gasteiger partial charge in [-0.15, -0.1) is 0 Å². The maximum Gasteiger partial charge on any atom is 0.339 e. The van der Waals surface area contributed by atoms with E-state index in [0.29, 0.717) is 5.56 Å². The minimum atomic E-state index is -1.33. The van der Waals surface area contributed by atoms with Gasteiger partial charge in [-0.05, 0) is 44.0 Å². The highest BCUT2D eigenvalue weighted by Gasteiger charge is 2.32. The number of halogens is 1. The number of carbonyl (C=O) groups is 1. The molecule has 0 aromatic heterocycles. The highest BCUT2D eigenvalue weighted by molar-refractivity contribution is 5.91. The van der Waals surface area contributed by atoms with Crippen LogP contribution in [-0.4, -0.2) is 22.7 Å². The van der Waals surface area contributed by atoms with Gasteiger partial charge in [0.2, 0.25) is 0 Å². The molecule has 1 fully saturated rings. The van der Waals surface area contributed by atoms with E-state index in [4.69, 9.17) is 5.11 Å². The van der Waals surface area contributed by atoms with Gasteiger partial charge in [-0.1, -0.05) is 0 Å². The summed E-state index contributed by atoms with van der Waals surface area (Å²) in [5.41, 5.74) is -0.253. The fourth-order valence-corrected chi connectivity index (χ4v) is 2.22. The Morgan fingerprint density at radius 1 is 1.53 bits per heavy atom. The molecular formula is C12H14FNO3. The number of phenols is 1. The van der Waals surface area contributed by atoms with Crippen LogP contribution in [0.2, 0.25) is 0 Å². The fraction of sp³-hybridized carbons (Fsp3) is 0.417. The number of rotatable bonds is 2. The van der Waals surface area contributed by atoms with Crippen LogP contribution in [0.15, 0.2) is 12.1 Å². The maximum atomic E-state index is 13.5. The first kappa shape index (κ1) is 11.9. The van der Waals surface area contributed by atoms with Gasteiger partial charge in [-0.25, -0.2) is 9.18 Å². The van der Waals surface area contributed by atoms with Crippen molar-refractivity contribution in [3.05, 3.63) is 29.1 Å². The van der Waals surface area contributed by atoms with E-state index >= 15 is 0 Å². The zero-order valence-electron chi connectivity index (χ0n) is 9.46. The second-order valence-corrected chi connectivity index (χ2v) is 4.52. The number of nitrogens with one attached hydrogen (secondary N) is 1. The average molecular weight is 239 g/mol. The van der Waals surface area contributed by atoms with E-state index in [1.807, 2.05) is 6.92 Å². The summed E-state index contributed by atoms with van der Waals surface area (Å²) in [7, 11) is 0.